The van der Waals surface area contributed by atoms with Crippen LogP contribution in [0.4, 0.5) is 11.4 Å². The molecular weight excluding hydrogens is 272 g/mol. The summed E-state index contributed by atoms with van der Waals surface area (Å²) in [6, 6.07) is 4.77. The van der Waals surface area contributed by atoms with E-state index in [2.05, 4.69) is 5.32 Å². The second-order valence-electron chi connectivity index (χ2n) is 5.12. The number of hydrogen-bond donors (Lipinski definition) is 1. The number of ether oxygens (including phenoxy) is 2. The molecule has 0 unspecified atom stereocenters. The second kappa shape index (κ2) is 9.18. The van der Waals surface area contributed by atoms with Crippen molar-refractivity contribution >= 4 is 11.4 Å². The first kappa shape index (κ1) is 17.2. The average molecular weight is 296 g/mol. The number of nitrogens with one attached hydrogen (secondary N) is 1. The molecule has 6 heteroatoms. The van der Waals surface area contributed by atoms with Crippen molar-refractivity contribution in [2.45, 2.75) is 39.2 Å². The fraction of sp³-hybridized carbons (Fsp3) is 0.600. The van der Waals surface area contributed by atoms with Gasteiger partial charge in [0.05, 0.1) is 17.1 Å². The summed E-state index contributed by atoms with van der Waals surface area (Å²) in [6.45, 7) is 5.32. The van der Waals surface area contributed by atoms with E-state index >= 15 is 0 Å². The minimum Gasteiger partial charge on any atom is -0.491 e. The third kappa shape index (κ3) is 6.94. The molecule has 0 aromatic heterocycles. The number of methoxy groups -OCH3 is 1. The molecule has 1 rings (SSSR count). The Balaban J connectivity index is 2.59. The predicted octanol–water partition coefficient (Wildman–Crippen LogP) is 3.61. The van der Waals surface area contributed by atoms with Gasteiger partial charge in [-0.25, -0.2) is 0 Å². The smallest absolute Gasteiger partial charge is 0.275 e. The van der Waals surface area contributed by atoms with E-state index in [1.807, 2.05) is 13.8 Å². The van der Waals surface area contributed by atoms with Gasteiger partial charge in [-0.1, -0.05) is 0 Å². The molecule has 0 atom stereocenters. The molecule has 0 fully saturated rings. The van der Waals surface area contributed by atoms with E-state index < -0.39 is 4.92 Å². The van der Waals surface area contributed by atoms with E-state index in [0.29, 0.717) is 11.4 Å². The van der Waals surface area contributed by atoms with E-state index in [4.69, 9.17) is 9.47 Å². The number of benzene rings is 1. The van der Waals surface area contributed by atoms with E-state index in [-0.39, 0.29) is 11.8 Å². The van der Waals surface area contributed by atoms with Crippen LogP contribution in [-0.2, 0) is 4.74 Å². The third-order valence-electron chi connectivity index (χ3n) is 2.83. The molecule has 0 radical (unpaired) electrons. The van der Waals surface area contributed by atoms with Crippen LogP contribution in [0.25, 0.3) is 0 Å². The van der Waals surface area contributed by atoms with Gasteiger partial charge in [-0.3, -0.25) is 10.1 Å². The maximum Gasteiger partial charge on any atom is 0.275 e. The number of non-ortho nitro benzene ring substituents is 1. The van der Waals surface area contributed by atoms with Crippen LogP contribution in [0.1, 0.15) is 33.1 Å². The molecule has 0 spiro atoms. The number of hydrogen-bond acceptors (Lipinski definition) is 5. The molecule has 0 heterocycles. The fourth-order valence-electron chi connectivity index (χ4n) is 1.91. The number of nitro benzene ring substituents is 1. The third-order valence-corrected chi connectivity index (χ3v) is 2.83. The van der Waals surface area contributed by atoms with Gasteiger partial charge in [0, 0.05) is 38.1 Å². The molecule has 0 amide bonds. The van der Waals surface area contributed by atoms with Crippen LogP contribution in [0.5, 0.6) is 5.75 Å². The van der Waals surface area contributed by atoms with Gasteiger partial charge in [-0.2, -0.15) is 0 Å². The van der Waals surface area contributed by atoms with Crippen molar-refractivity contribution < 1.29 is 14.4 Å². The monoisotopic (exact) mass is 296 g/mol. The minimum absolute atomic E-state index is 0.0195. The number of anilines is 1. The summed E-state index contributed by atoms with van der Waals surface area (Å²) < 4.78 is 10.5. The Morgan fingerprint density at radius 1 is 1.24 bits per heavy atom. The number of nitrogens with zero attached hydrogens (tertiary/aromatic N) is 1. The van der Waals surface area contributed by atoms with Crippen LogP contribution in [0.3, 0.4) is 0 Å². The van der Waals surface area contributed by atoms with Gasteiger partial charge in [-0.05, 0) is 33.1 Å². The Morgan fingerprint density at radius 3 is 2.62 bits per heavy atom. The Kier molecular flexibility index (Phi) is 7.53. The zero-order chi connectivity index (χ0) is 15.7. The summed E-state index contributed by atoms with van der Waals surface area (Å²) >= 11 is 0. The largest absolute Gasteiger partial charge is 0.491 e. The van der Waals surface area contributed by atoms with Crippen LogP contribution < -0.4 is 10.1 Å². The van der Waals surface area contributed by atoms with Crippen LogP contribution in [0.15, 0.2) is 18.2 Å². The van der Waals surface area contributed by atoms with Gasteiger partial charge in [0.15, 0.2) is 0 Å². The first-order valence-corrected chi connectivity index (χ1v) is 7.22. The normalized spacial score (nSPS) is 10.7. The average Bonchev–Trinajstić information content (AvgIpc) is 2.41. The summed E-state index contributed by atoms with van der Waals surface area (Å²) in [5.41, 5.74) is 0.752. The summed E-state index contributed by atoms with van der Waals surface area (Å²) in [7, 11) is 1.69. The van der Waals surface area contributed by atoms with Gasteiger partial charge in [0.1, 0.15) is 5.75 Å². The molecule has 0 aliphatic heterocycles. The zero-order valence-electron chi connectivity index (χ0n) is 12.9. The highest BCUT2D eigenvalue weighted by molar-refractivity contribution is 5.56. The lowest BCUT2D eigenvalue weighted by Crippen LogP contribution is -2.07. The van der Waals surface area contributed by atoms with E-state index in [0.717, 1.165) is 32.4 Å². The molecule has 0 aliphatic carbocycles. The van der Waals surface area contributed by atoms with Crippen molar-refractivity contribution in [3.63, 3.8) is 0 Å². The topological polar surface area (TPSA) is 73.6 Å². The summed E-state index contributed by atoms with van der Waals surface area (Å²) in [4.78, 5) is 10.5. The molecule has 6 nitrogen and oxygen atoms in total. The maximum atomic E-state index is 10.9. The van der Waals surface area contributed by atoms with Gasteiger partial charge < -0.3 is 14.8 Å². The Hall–Kier alpha value is -1.82. The molecule has 1 aromatic rings. The van der Waals surface area contributed by atoms with Crippen molar-refractivity contribution in [1.29, 1.82) is 0 Å². The molecule has 1 aromatic carbocycles. The van der Waals surface area contributed by atoms with Gasteiger partial charge in [0.2, 0.25) is 0 Å². The molecule has 21 heavy (non-hydrogen) atoms. The van der Waals surface area contributed by atoms with Crippen molar-refractivity contribution in [2.24, 2.45) is 0 Å². The van der Waals surface area contributed by atoms with Crippen molar-refractivity contribution in [1.82, 2.24) is 0 Å². The van der Waals surface area contributed by atoms with E-state index in [1.165, 1.54) is 12.1 Å². The van der Waals surface area contributed by atoms with Crippen molar-refractivity contribution in [2.75, 3.05) is 25.6 Å². The Morgan fingerprint density at radius 2 is 2.00 bits per heavy atom. The van der Waals surface area contributed by atoms with Crippen LogP contribution in [0.2, 0.25) is 0 Å². The van der Waals surface area contributed by atoms with E-state index in [9.17, 15) is 10.1 Å². The molecule has 0 saturated carbocycles. The lowest BCUT2D eigenvalue weighted by Gasteiger charge is -2.12. The van der Waals surface area contributed by atoms with Crippen LogP contribution in [-0.4, -0.2) is 31.3 Å². The second-order valence-corrected chi connectivity index (χ2v) is 5.12. The summed E-state index contributed by atoms with van der Waals surface area (Å²) in [5.74, 6) is 0.515. The van der Waals surface area contributed by atoms with Crippen LogP contribution in [0, 0.1) is 10.1 Å². The Labute approximate surface area is 125 Å². The highest BCUT2D eigenvalue weighted by Gasteiger charge is 2.11. The standard InChI is InChI=1S/C15H24N2O4/c1-12(2)21-15-10-13(9-14(11-15)17(18)19)16-7-5-4-6-8-20-3/h9-12,16H,4-8H2,1-3H3. The maximum absolute atomic E-state index is 10.9. The molecule has 118 valence electrons. The summed E-state index contributed by atoms with van der Waals surface area (Å²) in [6.07, 6.45) is 3.06. The van der Waals surface area contributed by atoms with Gasteiger partial charge in [-0.15, -0.1) is 0 Å². The number of unbranched alkanes of at least 4 members (excludes halogenated alkanes) is 2. The molecular formula is C15H24N2O4. The van der Waals surface area contributed by atoms with Crippen molar-refractivity contribution in [3.8, 4) is 5.75 Å². The lowest BCUT2D eigenvalue weighted by molar-refractivity contribution is -0.384. The zero-order valence-corrected chi connectivity index (χ0v) is 12.9. The highest BCUT2D eigenvalue weighted by Crippen LogP contribution is 2.26. The van der Waals surface area contributed by atoms with Crippen LogP contribution >= 0.6 is 0 Å². The summed E-state index contributed by atoms with van der Waals surface area (Å²) in [5, 5.41) is 14.2. The quantitative estimate of drug-likeness (QED) is 0.405. The predicted molar refractivity (Wildman–Crippen MR) is 83.1 cm³/mol. The highest BCUT2D eigenvalue weighted by atomic mass is 16.6. The first-order chi connectivity index (χ1) is 10.0. The fourth-order valence-corrected chi connectivity index (χ4v) is 1.91. The van der Waals surface area contributed by atoms with E-state index in [1.54, 1.807) is 13.2 Å². The lowest BCUT2D eigenvalue weighted by atomic mass is 10.2. The molecule has 0 bridgehead atoms. The number of rotatable bonds is 10. The molecule has 1 N–H and O–H groups in total. The molecule has 0 saturated heterocycles. The number of nitro groups is 1. The first-order valence-electron chi connectivity index (χ1n) is 7.22. The van der Waals surface area contributed by atoms with Crippen molar-refractivity contribution in [3.05, 3.63) is 28.3 Å². The minimum atomic E-state index is -0.406. The SMILES string of the molecule is COCCCCCNc1cc(OC(C)C)cc([N+](=O)[O-])c1. The van der Waals surface area contributed by atoms with Gasteiger partial charge in [0.25, 0.3) is 5.69 Å². The van der Waals surface area contributed by atoms with Gasteiger partial charge >= 0.3 is 0 Å². The molecule has 0 aliphatic rings. The Bertz CT molecular complexity index is 449.